The molecule has 0 atom stereocenters. The van der Waals surface area contributed by atoms with Crippen LogP contribution in [0.1, 0.15) is 51.9 Å². The summed E-state index contributed by atoms with van der Waals surface area (Å²) in [6.45, 7) is -4.75. The lowest BCUT2D eigenvalue weighted by Gasteiger charge is -2.06. The Morgan fingerprint density at radius 2 is 1.03 bits per heavy atom. The molecule has 158 valence electrons. The Hall–Kier alpha value is -3.82. The number of ether oxygens (including phenoxy) is 2. The molecular formula is C20H20N2O8. The molecule has 0 aliphatic heterocycles. The van der Waals surface area contributed by atoms with Gasteiger partial charge in [0.25, 0.3) is 11.4 Å². The predicted octanol–water partition coefficient (Wildman–Crippen LogP) is 4.08. The minimum Gasteiger partial charge on any atom is -0.462 e. The van der Waals surface area contributed by atoms with Gasteiger partial charge in [-0.05, 0) is 49.9 Å². The highest BCUT2D eigenvalue weighted by atomic mass is 16.6. The summed E-state index contributed by atoms with van der Waals surface area (Å²) < 4.78 is 40.9. The normalized spacial score (nSPS) is 13.2. The van der Waals surface area contributed by atoms with Crippen molar-refractivity contribution in [1.82, 2.24) is 0 Å². The molecule has 0 aliphatic carbocycles. The Balaban J connectivity index is 1.80. The molecule has 0 saturated carbocycles. The number of nitro groups is 2. The van der Waals surface area contributed by atoms with Crippen LogP contribution in [0.3, 0.4) is 0 Å². The number of carbonyl (C=O) groups excluding carboxylic acids is 2. The van der Waals surface area contributed by atoms with Crippen LogP contribution in [0.25, 0.3) is 0 Å². The first kappa shape index (κ1) is 17.1. The summed E-state index contributed by atoms with van der Waals surface area (Å²) in [6.07, 6.45) is -0.347. The van der Waals surface area contributed by atoms with Gasteiger partial charge in [0.05, 0.1) is 39.6 Å². The quantitative estimate of drug-likeness (QED) is 0.229. The van der Waals surface area contributed by atoms with Crippen molar-refractivity contribution in [2.45, 2.75) is 25.7 Å². The van der Waals surface area contributed by atoms with Crippen molar-refractivity contribution < 1.29 is 34.4 Å². The number of esters is 2. The standard InChI is InChI=1S/C20H20N2O8/c23-19(15-5-9-17(10-6-15)21(25)26)29-13-3-1-2-4-14-30-20(24)16-7-11-18(12-8-16)22(27)28/h5-12H,1-4,13-14H2/i13D2,14D2. The number of hydrogen-bond donors (Lipinski definition) is 0. The van der Waals surface area contributed by atoms with Crippen molar-refractivity contribution in [3.63, 3.8) is 0 Å². The Kier molecular flexibility index (Phi) is 6.40. The van der Waals surface area contributed by atoms with Gasteiger partial charge < -0.3 is 9.47 Å². The maximum atomic E-state index is 12.1. The Morgan fingerprint density at radius 1 is 0.700 bits per heavy atom. The molecule has 0 N–H and O–H groups in total. The fourth-order valence-electron chi connectivity index (χ4n) is 2.18. The first-order chi connectivity index (χ1) is 15.8. The molecule has 0 aromatic heterocycles. The van der Waals surface area contributed by atoms with E-state index in [0.29, 0.717) is 0 Å². The van der Waals surface area contributed by atoms with Crippen LogP contribution in [-0.4, -0.2) is 34.9 Å². The summed E-state index contributed by atoms with van der Waals surface area (Å²) >= 11 is 0. The predicted molar refractivity (Wildman–Crippen MR) is 105 cm³/mol. The average Bonchev–Trinajstić information content (AvgIpc) is 2.76. The number of hydrogen-bond acceptors (Lipinski definition) is 8. The van der Waals surface area contributed by atoms with Crippen LogP contribution < -0.4 is 0 Å². The van der Waals surface area contributed by atoms with Gasteiger partial charge in [0.2, 0.25) is 0 Å². The van der Waals surface area contributed by atoms with Crippen LogP contribution in [0, 0.1) is 20.2 Å². The van der Waals surface area contributed by atoms with Gasteiger partial charge in [-0.1, -0.05) is 0 Å². The van der Waals surface area contributed by atoms with Crippen LogP contribution in [0.2, 0.25) is 0 Å². The Labute approximate surface area is 177 Å². The van der Waals surface area contributed by atoms with Crippen molar-refractivity contribution in [2.75, 3.05) is 13.1 Å². The Morgan fingerprint density at radius 3 is 1.33 bits per heavy atom. The number of nitrogens with zero attached hydrogens (tertiary/aromatic N) is 2. The van der Waals surface area contributed by atoms with E-state index < -0.39 is 34.9 Å². The lowest BCUT2D eigenvalue weighted by molar-refractivity contribution is -0.385. The molecular weight excluding hydrogens is 396 g/mol. The fraction of sp³-hybridized carbons (Fsp3) is 0.300. The highest BCUT2D eigenvalue weighted by molar-refractivity contribution is 5.90. The third-order valence-corrected chi connectivity index (χ3v) is 3.77. The van der Waals surface area contributed by atoms with E-state index >= 15 is 0 Å². The second kappa shape index (κ2) is 11.2. The summed E-state index contributed by atoms with van der Waals surface area (Å²) in [7, 11) is 0. The van der Waals surface area contributed by atoms with Gasteiger partial charge in [0, 0.05) is 24.3 Å². The summed E-state index contributed by atoms with van der Waals surface area (Å²) in [4.78, 5) is 44.1. The molecule has 2 rings (SSSR count). The smallest absolute Gasteiger partial charge is 0.338 e. The van der Waals surface area contributed by atoms with Gasteiger partial charge >= 0.3 is 11.9 Å². The van der Waals surface area contributed by atoms with Gasteiger partial charge in [-0.25, -0.2) is 9.59 Å². The first-order valence-electron chi connectivity index (χ1n) is 10.8. The monoisotopic (exact) mass is 420 g/mol. The fourth-order valence-corrected chi connectivity index (χ4v) is 2.18. The van der Waals surface area contributed by atoms with Crippen LogP contribution in [-0.2, 0) is 9.47 Å². The number of non-ortho nitro benzene ring substituents is 2. The van der Waals surface area contributed by atoms with Crippen molar-refractivity contribution >= 4 is 23.3 Å². The summed E-state index contributed by atoms with van der Waals surface area (Å²) in [6, 6.07) is 8.93. The van der Waals surface area contributed by atoms with Crippen LogP contribution >= 0.6 is 0 Å². The molecule has 0 amide bonds. The SMILES string of the molecule is [2H]C([2H])(CCCCC([2H])([2H])OC(=O)c1ccc([N+](=O)[O-])cc1)OC(=O)c1ccc([N+](=O)[O-])cc1. The van der Waals surface area contributed by atoms with Gasteiger partial charge in [0.1, 0.15) is 0 Å². The molecule has 2 aromatic rings. The maximum absolute atomic E-state index is 12.1. The number of carbonyl (C=O) groups is 2. The molecule has 0 spiro atoms. The second-order valence-corrected chi connectivity index (χ2v) is 5.88. The van der Waals surface area contributed by atoms with Gasteiger partial charge in [-0.15, -0.1) is 0 Å². The molecule has 10 nitrogen and oxygen atoms in total. The molecule has 0 aliphatic rings. The average molecular weight is 420 g/mol. The molecule has 10 heteroatoms. The molecule has 0 radical (unpaired) electrons. The Bertz CT molecular complexity index is 974. The lowest BCUT2D eigenvalue weighted by Crippen LogP contribution is -2.07. The summed E-state index contributed by atoms with van der Waals surface area (Å²) in [5, 5.41) is 21.3. The summed E-state index contributed by atoms with van der Waals surface area (Å²) in [5.41, 5.74) is -0.598. The van der Waals surface area contributed by atoms with E-state index in [1.165, 1.54) is 0 Å². The third kappa shape index (κ3) is 6.97. The number of unbranched alkanes of at least 4 members (excludes halogenated alkanes) is 1. The van der Waals surface area contributed by atoms with E-state index in [9.17, 15) is 29.8 Å². The molecule has 2 aromatic carbocycles. The number of rotatable bonds is 11. The van der Waals surface area contributed by atoms with Crippen molar-refractivity contribution in [3.8, 4) is 0 Å². The van der Waals surface area contributed by atoms with E-state index in [1.807, 2.05) is 0 Å². The van der Waals surface area contributed by atoms with Crippen LogP contribution in [0.15, 0.2) is 48.5 Å². The molecule has 0 fully saturated rings. The third-order valence-electron chi connectivity index (χ3n) is 3.77. The first-order valence-corrected chi connectivity index (χ1v) is 8.75. The maximum Gasteiger partial charge on any atom is 0.338 e. The minimum atomic E-state index is -2.37. The van der Waals surface area contributed by atoms with Crippen molar-refractivity contribution in [1.29, 1.82) is 0 Å². The van der Waals surface area contributed by atoms with E-state index in [2.05, 4.69) is 0 Å². The zero-order valence-corrected chi connectivity index (χ0v) is 15.6. The van der Waals surface area contributed by atoms with E-state index in [0.717, 1.165) is 48.5 Å². The highest BCUT2D eigenvalue weighted by Crippen LogP contribution is 2.14. The molecule has 30 heavy (non-hydrogen) atoms. The van der Waals surface area contributed by atoms with E-state index in [4.69, 9.17) is 15.0 Å². The molecule has 0 bridgehead atoms. The van der Waals surface area contributed by atoms with E-state index in [1.54, 1.807) is 0 Å². The van der Waals surface area contributed by atoms with Gasteiger partial charge in [-0.3, -0.25) is 20.2 Å². The summed E-state index contributed by atoms with van der Waals surface area (Å²) in [5.74, 6) is -2.01. The zero-order valence-electron chi connectivity index (χ0n) is 19.6. The minimum absolute atomic E-state index is 0.0658. The van der Waals surface area contributed by atoms with Gasteiger partial charge in [0.15, 0.2) is 0 Å². The molecule has 0 saturated heterocycles. The van der Waals surface area contributed by atoms with Crippen molar-refractivity contribution in [2.24, 2.45) is 0 Å². The molecule has 0 heterocycles. The second-order valence-electron chi connectivity index (χ2n) is 5.88. The zero-order chi connectivity index (χ0) is 25.5. The lowest BCUT2D eigenvalue weighted by atomic mass is 10.2. The van der Waals surface area contributed by atoms with Gasteiger partial charge in [-0.2, -0.15) is 0 Å². The largest absolute Gasteiger partial charge is 0.462 e. The van der Waals surface area contributed by atoms with Crippen molar-refractivity contribution in [3.05, 3.63) is 79.9 Å². The van der Waals surface area contributed by atoms with Crippen LogP contribution in [0.5, 0.6) is 0 Å². The van der Waals surface area contributed by atoms with E-state index in [-0.39, 0.29) is 48.2 Å². The van der Waals surface area contributed by atoms with Crippen LogP contribution in [0.4, 0.5) is 11.4 Å². The number of nitro benzene ring substituents is 2. The highest BCUT2D eigenvalue weighted by Gasteiger charge is 2.11. The molecule has 0 unspecified atom stereocenters. The topological polar surface area (TPSA) is 139 Å². The number of benzene rings is 2.